The minimum absolute atomic E-state index is 0.460. The van der Waals surface area contributed by atoms with E-state index in [0.29, 0.717) is 12.3 Å². The molecule has 0 aliphatic carbocycles. The molecule has 3 heteroatoms. The zero-order valence-electron chi connectivity index (χ0n) is 10.8. The van der Waals surface area contributed by atoms with Gasteiger partial charge in [0, 0.05) is 17.7 Å². The highest BCUT2D eigenvalue weighted by molar-refractivity contribution is 7.09. The molecule has 96 valence electrons. The van der Waals surface area contributed by atoms with Crippen LogP contribution in [-0.4, -0.2) is 10.1 Å². The summed E-state index contributed by atoms with van der Waals surface area (Å²) in [7, 11) is 0. The van der Waals surface area contributed by atoms with Crippen LogP contribution >= 0.6 is 11.3 Å². The number of aliphatic hydroxyl groups excluding tert-OH is 1. The molecule has 2 rings (SSSR count). The lowest BCUT2D eigenvalue weighted by molar-refractivity contribution is 0.177. The molecular formula is C15H19NOS. The maximum Gasteiger partial charge on any atom is 0.0956 e. The summed E-state index contributed by atoms with van der Waals surface area (Å²) >= 11 is 1.70. The number of thiazole rings is 1. The van der Waals surface area contributed by atoms with Crippen LogP contribution < -0.4 is 0 Å². The minimum Gasteiger partial charge on any atom is -0.388 e. The van der Waals surface area contributed by atoms with Gasteiger partial charge < -0.3 is 5.11 Å². The van der Waals surface area contributed by atoms with E-state index >= 15 is 0 Å². The Hall–Kier alpha value is -1.19. The maximum atomic E-state index is 10.1. The Bertz CT molecular complexity index is 480. The van der Waals surface area contributed by atoms with Crippen LogP contribution in [0.3, 0.4) is 0 Å². The third kappa shape index (κ3) is 3.18. The van der Waals surface area contributed by atoms with Crippen molar-refractivity contribution in [3.63, 3.8) is 0 Å². The molecule has 1 aromatic carbocycles. The molecule has 0 amide bonds. The summed E-state index contributed by atoms with van der Waals surface area (Å²) in [5.41, 5.74) is 1.95. The normalized spacial score (nSPS) is 14.4. The molecule has 0 radical (unpaired) electrons. The minimum atomic E-state index is -0.460. The molecule has 18 heavy (non-hydrogen) atoms. The summed E-state index contributed by atoms with van der Waals surface area (Å²) in [5.74, 6) is 0.512. The van der Waals surface area contributed by atoms with Gasteiger partial charge in [-0.3, -0.25) is 0 Å². The van der Waals surface area contributed by atoms with Gasteiger partial charge >= 0.3 is 0 Å². The van der Waals surface area contributed by atoms with Crippen LogP contribution in [0.15, 0.2) is 35.7 Å². The van der Waals surface area contributed by atoms with Gasteiger partial charge in [0.1, 0.15) is 0 Å². The zero-order valence-corrected chi connectivity index (χ0v) is 11.7. The summed E-state index contributed by atoms with van der Waals surface area (Å²) in [6.45, 7) is 4.36. The first kappa shape index (κ1) is 13.2. The fraction of sp³-hybridized carbons (Fsp3) is 0.400. The van der Waals surface area contributed by atoms with Crippen LogP contribution in [0.2, 0.25) is 0 Å². The number of benzene rings is 1. The summed E-state index contributed by atoms with van der Waals surface area (Å²) < 4.78 is 0. The van der Waals surface area contributed by atoms with Crippen LogP contribution in [-0.2, 0) is 6.42 Å². The lowest BCUT2D eigenvalue weighted by Crippen LogP contribution is -2.02. The van der Waals surface area contributed by atoms with Gasteiger partial charge in [-0.1, -0.05) is 44.2 Å². The molecule has 0 saturated carbocycles. The van der Waals surface area contributed by atoms with Crippen molar-refractivity contribution in [1.82, 2.24) is 4.98 Å². The van der Waals surface area contributed by atoms with Crippen molar-refractivity contribution in [1.29, 1.82) is 0 Å². The van der Waals surface area contributed by atoms with Gasteiger partial charge in [-0.15, -0.1) is 11.3 Å². The van der Waals surface area contributed by atoms with Gasteiger partial charge in [0.25, 0.3) is 0 Å². The van der Waals surface area contributed by atoms with Crippen molar-refractivity contribution in [3.05, 3.63) is 52.0 Å². The van der Waals surface area contributed by atoms with Crippen molar-refractivity contribution in [3.8, 4) is 0 Å². The average Bonchev–Trinajstić information content (AvgIpc) is 2.87. The molecule has 1 heterocycles. The van der Waals surface area contributed by atoms with E-state index in [0.717, 1.165) is 17.7 Å². The third-order valence-corrected chi connectivity index (χ3v) is 4.32. The van der Waals surface area contributed by atoms with E-state index < -0.39 is 6.10 Å². The Morgan fingerprint density at radius 3 is 2.67 bits per heavy atom. The summed E-state index contributed by atoms with van der Waals surface area (Å²) in [6.07, 6.45) is 1.24. The van der Waals surface area contributed by atoms with Crippen LogP contribution in [0.4, 0.5) is 0 Å². The predicted octanol–water partition coefficient (Wildman–Crippen LogP) is 3.93. The molecule has 1 aromatic heterocycles. The van der Waals surface area contributed by atoms with Crippen molar-refractivity contribution in [2.24, 2.45) is 0 Å². The zero-order chi connectivity index (χ0) is 13.0. The molecule has 1 N–H and O–H groups in total. The van der Waals surface area contributed by atoms with Crippen molar-refractivity contribution in [2.45, 2.75) is 38.7 Å². The summed E-state index contributed by atoms with van der Waals surface area (Å²) in [4.78, 5) is 4.61. The van der Waals surface area contributed by atoms with E-state index in [9.17, 15) is 5.11 Å². The lowest BCUT2D eigenvalue weighted by atomic mass is 10.1. The molecular weight excluding hydrogens is 242 g/mol. The number of rotatable bonds is 5. The van der Waals surface area contributed by atoms with Gasteiger partial charge in [-0.2, -0.15) is 0 Å². The van der Waals surface area contributed by atoms with E-state index in [4.69, 9.17) is 0 Å². The van der Waals surface area contributed by atoms with Gasteiger partial charge in [0.05, 0.1) is 16.8 Å². The van der Waals surface area contributed by atoms with E-state index in [2.05, 4.69) is 24.2 Å². The largest absolute Gasteiger partial charge is 0.388 e. The van der Waals surface area contributed by atoms with Crippen LogP contribution in [0.25, 0.3) is 0 Å². The topological polar surface area (TPSA) is 33.1 Å². The Morgan fingerprint density at radius 1 is 1.28 bits per heavy atom. The summed E-state index contributed by atoms with van der Waals surface area (Å²) in [6, 6.07) is 9.76. The van der Waals surface area contributed by atoms with Crippen LogP contribution in [0.1, 0.15) is 48.6 Å². The van der Waals surface area contributed by atoms with Crippen molar-refractivity contribution in [2.75, 3.05) is 0 Å². The number of aliphatic hydroxyl groups is 1. The van der Waals surface area contributed by atoms with Crippen LogP contribution in [0.5, 0.6) is 0 Å². The van der Waals surface area contributed by atoms with Gasteiger partial charge in [0.15, 0.2) is 0 Å². The van der Waals surface area contributed by atoms with E-state index in [-0.39, 0.29) is 0 Å². The van der Waals surface area contributed by atoms with Crippen molar-refractivity contribution < 1.29 is 5.11 Å². The van der Waals surface area contributed by atoms with E-state index in [1.54, 1.807) is 11.3 Å². The molecule has 0 fully saturated rings. The standard InChI is InChI=1S/C15H19NOS/c1-3-11(2)15-16-13(10-18-15)9-14(17)12-7-5-4-6-8-12/h4-8,10-11,14,17H,3,9H2,1-2H3. The Kier molecular flexibility index (Phi) is 4.50. The van der Waals surface area contributed by atoms with E-state index in [1.807, 2.05) is 30.3 Å². The predicted molar refractivity (Wildman–Crippen MR) is 75.9 cm³/mol. The Balaban J connectivity index is 2.03. The molecule has 2 atom stereocenters. The van der Waals surface area contributed by atoms with Crippen LogP contribution in [0, 0.1) is 0 Å². The highest BCUT2D eigenvalue weighted by Gasteiger charge is 2.13. The smallest absolute Gasteiger partial charge is 0.0956 e. The van der Waals surface area contributed by atoms with Gasteiger partial charge in [-0.05, 0) is 12.0 Å². The van der Waals surface area contributed by atoms with E-state index in [1.165, 1.54) is 5.01 Å². The highest BCUT2D eigenvalue weighted by atomic mass is 32.1. The molecule has 0 bridgehead atoms. The number of hydrogen-bond donors (Lipinski definition) is 1. The SMILES string of the molecule is CCC(C)c1nc(CC(O)c2ccccc2)cs1. The highest BCUT2D eigenvalue weighted by Crippen LogP contribution is 2.25. The second-order valence-electron chi connectivity index (χ2n) is 4.62. The quantitative estimate of drug-likeness (QED) is 0.884. The third-order valence-electron chi connectivity index (χ3n) is 3.19. The fourth-order valence-electron chi connectivity index (χ4n) is 1.81. The first-order chi connectivity index (χ1) is 8.70. The lowest BCUT2D eigenvalue weighted by Gasteiger charge is -2.09. The molecule has 2 aromatic rings. The first-order valence-corrected chi connectivity index (χ1v) is 7.26. The number of aromatic nitrogens is 1. The fourth-order valence-corrected chi connectivity index (χ4v) is 2.78. The molecule has 0 spiro atoms. The van der Waals surface area contributed by atoms with Gasteiger partial charge in [-0.25, -0.2) is 4.98 Å². The second kappa shape index (κ2) is 6.12. The molecule has 0 saturated heterocycles. The monoisotopic (exact) mass is 261 g/mol. The van der Waals surface area contributed by atoms with Crippen molar-refractivity contribution >= 4 is 11.3 Å². The Morgan fingerprint density at radius 2 is 2.00 bits per heavy atom. The summed E-state index contributed by atoms with van der Waals surface area (Å²) in [5, 5.41) is 13.4. The Labute approximate surface area is 112 Å². The van der Waals surface area contributed by atoms with Gasteiger partial charge in [0.2, 0.25) is 0 Å². The molecule has 0 aliphatic rings. The molecule has 0 aliphatic heterocycles. The first-order valence-electron chi connectivity index (χ1n) is 6.38. The maximum absolute atomic E-state index is 10.1. The molecule has 2 unspecified atom stereocenters. The average molecular weight is 261 g/mol. The molecule has 2 nitrogen and oxygen atoms in total. The number of hydrogen-bond acceptors (Lipinski definition) is 3. The second-order valence-corrected chi connectivity index (χ2v) is 5.51. The number of nitrogens with zero attached hydrogens (tertiary/aromatic N) is 1.